The standard InChI is InChI=1S/C10H12ClNO4S/c11-17(13,14)9-2-1-5-12-10(9)16-8-3-6-15-7-4-8/h1-2,5,8H,3-4,6-7H2. The maximum atomic E-state index is 11.3. The summed E-state index contributed by atoms with van der Waals surface area (Å²) in [4.78, 5) is 3.82. The van der Waals surface area contributed by atoms with Crippen molar-refractivity contribution in [2.45, 2.75) is 23.8 Å². The lowest BCUT2D eigenvalue weighted by atomic mass is 10.1. The second-order valence-electron chi connectivity index (χ2n) is 3.67. The van der Waals surface area contributed by atoms with E-state index in [9.17, 15) is 8.42 Å². The predicted octanol–water partition coefficient (Wildman–Crippen LogP) is 1.57. The van der Waals surface area contributed by atoms with Crippen molar-refractivity contribution in [2.75, 3.05) is 13.2 Å². The Kier molecular flexibility index (Phi) is 3.86. The first-order chi connectivity index (χ1) is 8.07. The van der Waals surface area contributed by atoms with Crippen LogP contribution in [-0.4, -0.2) is 32.7 Å². The van der Waals surface area contributed by atoms with Crippen LogP contribution in [0.5, 0.6) is 5.88 Å². The van der Waals surface area contributed by atoms with Gasteiger partial charge >= 0.3 is 0 Å². The zero-order chi connectivity index (χ0) is 12.3. The molecule has 0 radical (unpaired) electrons. The van der Waals surface area contributed by atoms with E-state index in [4.69, 9.17) is 20.2 Å². The summed E-state index contributed by atoms with van der Waals surface area (Å²) in [5, 5.41) is 0. The molecule has 5 nitrogen and oxygen atoms in total. The molecule has 0 N–H and O–H groups in total. The Morgan fingerprint density at radius 1 is 1.41 bits per heavy atom. The highest BCUT2D eigenvalue weighted by atomic mass is 35.7. The number of rotatable bonds is 3. The zero-order valence-electron chi connectivity index (χ0n) is 9.00. The van der Waals surface area contributed by atoms with Gasteiger partial charge in [0.05, 0.1) is 13.2 Å². The lowest BCUT2D eigenvalue weighted by molar-refractivity contribution is 0.0224. The third-order valence-electron chi connectivity index (χ3n) is 2.45. The lowest BCUT2D eigenvalue weighted by Crippen LogP contribution is -2.26. The number of aromatic nitrogens is 1. The smallest absolute Gasteiger partial charge is 0.266 e. The second-order valence-corrected chi connectivity index (χ2v) is 6.21. The highest BCUT2D eigenvalue weighted by Gasteiger charge is 2.22. The molecule has 0 unspecified atom stereocenters. The fraction of sp³-hybridized carbons (Fsp3) is 0.500. The van der Waals surface area contributed by atoms with Gasteiger partial charge in [-0.1, -0.05) is 0 Å². The van der Waals surface area contributed by atoms with Gasteiger partial charge in [0, 0.05) is 29.7 Å². The van der Waals surface area contributed by atoms with Crippen LogP contribution in [0.4, 0.5) is 0 Å². The molecule has 2 rings (SSSR count). The fourth-order valence-corrected chi connectivity index (χ4v) is 2.50. The van der Waals surface area contributed by atoms with E-state index in [1.807, 2.05) is 0 Å². The Labute approximate surface area is 104 Å². The summed E-state index contributed by atoms with van der Waals surface area (Å²) in [6.07, 6.45) is 2.84. The maximum absolute atomic E-state index is 11.3. The fourth-order valence-electron chi connectivity index (χ4n) is 1.60. The Morgan fingerprint density at radius 3 is 2.76 bits per heavy atom. The molecule has 2 heterocycles. The largest absolute Gasteiger partial charge is 0.473 e. The van der Waals surface area contributed by atoms with Gasteiger partial charge < -0.3 is 9.47 Å². The normalized spacial score (nSPS) is 17.9. The molecule has 0 amide bonds. The number of halogens is 1. The molecule has 0 aliphatic carbocycles. The summed E-state index contributed by atoms with van der Waals surface area (Å²) in [5.74, 6) is 0.0643. The lowest BCUT2D eigenvalue weighted by Gasteiger charge is -2.23. The van der Waals surface area contributed by atoms with Crippen molar-refractivity contribution in [2.24, 2.45) is 0 Å². The number of ether oxygens (including phenoxy) is 2. The van der Waals surface area contributed by atoms with Crippen molar-refractivity contribution in [3.8, 4) is 5.88 Å². The molecule has 0 aromatic carbocycles. The molecule has 17 heavy (non-hydrogen) atoms. The van der Waals surface area contributed by atoms with Gasteiger partial charge in [-0.2, -0.15) is 0 Å². The van der Waals surface area contributed by atoms with Gasteiger partial charge in [-0.15, -0.1) is 0 Å². The predicted molar refractivity (Wildman–Crippen MR) is 61.7 cm³/mol. The SMILES string of the molecule is O=S(=O)(Cl)c1cccnc1OC1CCOCC1. The van der Waals surface area contributed by atoms with Gasteiger partial charge in [0.2, 0.25) is 5.88 Å². The molecule has 0 atom stereocenters. The van der Waals surface area contributed by atoms with Crippen molar-refractivity contribution >= 4 is 19.7 Å². The van der Waals surface area contributed by atoms with Crippen LogP contribution in [0.25, 0.3) is 0 Å². The van der Waals surface area contributed by atoms with E-state index in [0.29, 0.717) is 13.2 Å². The van der Waals surface area contributed by atoms with Crippen molar-refractivity contribution in [3.63, 3.8) is 0 Å². The summed E-state index contributed by atoms with van der Waals surface area (Å²) in [6, 6.07) is 2.89. The van der Waals surface area contributed by atoms with E-state index in [0.717, 1.165) is 12.8 Å². The summed E-state index contributed by atoms with van der Waals surface area (Å²) < 4.78 is 33.4. The topological polar surface area (TPSA) is 65.5 Å². The second kappa shape index (κ2) is 5.20. The number of hydrogen-bond donors (Lipinski definition) is 0. The molecule has 1 saturated heterocycles. The van der Waals surface area contributed by atoms with Crippen LogP contribution in [0.2, 0.25) is 0 Å². The highest BCUT2D eigenvalue weighted by Crippen LogP contribution is 2.26. The van der Waals surface area contributed by atoms with Crippen LogP contribution < -0.4 is 4.74 Å². The summed E-state index contributed by atoms with van der Waals surface area (Å²) in [6.45, 7) is 1.22. The molecule has 1 fully saturated rings. The molecule has 1 aliphatic rings. The van der Waals surface area contributed by atoms with Gasteiger partial charge in [-0.3, -0.25) is 0 Å². The van der Waals surface area contributed by atoms with Crippen molar-refractivity contribution in [1.29, 1.82) is 0 Å². The van der Waals surface area contributed by atoms with Crippen molar-refractivity contribution in [3.05, 3.63) is 18.3 Å². The Morgan fingerprint density at radius 2 is 2.12 bits per heavy atom. The molecule has 1 aromatic heterocycles. The van der Waals surface area contributed by atoms with E-state index < -0.39 is 9.05 Å². The Bertz CT molecular complexity index is 485. The van der Waals surface area contributed by atoms with E-state index in [1.165, 1.54) is 18.3 Å². The quantitative estimate of drug-likeness (QED) is 0.785. The highest BCUT2D eigenvalue weighted by molar-refractivity contribution is 8.13. The van der Waals surface area contributed by atoms with E-state index in [2.05, 4.69) is 4.98 Å². The van der Waals surface area contributed by atoms with Crippen LogP contribution in [-0.2, 0) is 13.8 Å². The van der Waals surface area contributed by atoms with Crippen LogP contribution in [0.15, 0.2) is 23.2 Å². The van der Waals surface area contributed by atoms with Crippen LogP contribution in [0.1, 0.15) is 12.8 Å². The molecule has 0 spiro atoms. The summed E-state index contributed by atoms with van der Waals surface area (Å²) >= 11 is 0. The first-order valence-corrected chi connectivity index (χ1v) is 7.52. The molecule has 7 heteroatoms. The Balaban J connectivity index is 2.20. The van der Waals surface area contributed by atoms with Gasteiger partial charge in [0.1, 0.15) is 11.0 Å². The molecular weight excluding hydrogens is 266 g/mol. The molecule has 0 saturated carbocycles. The van der Waals surface area contributed by atoms with Crippen LogP contribution in [0, 0.1) is 0 Å². The molecular formula is C10H12ClNO4S. The summed E-state index contributed by atoms with van der Waals surface area (Å²) in [5.41, 5.74) is 0. The van der Waals surface area contributed by atoms with Crippen molar-refractivity contribution in [1.82, 2.24) is 4.98 Å². The van der Waals surface area contributed by atoms with E-state index in [1.54, 1.807) is 0 Å². The Hall–Kier alpha value is -0.850. The van der Waals surface area contributed by atoms with Gasteiger partial charge in [0.25, 0.3) is 9.05 Å². The molecule has 94 valence electrons. The van der Waals surface area contributed by atoms with Crippen LogP contribution >= 0.6 is 10.7 Å². The third-order valence-corrected chi connectivity index (χ3v) is 3.78. The van der Waals surface area contributed by atoms with Crippen molar-refractivity contribution < 1.29 is 17.9 Å². The molecule has 0 bridgehead atoms. The number of hydrogen-bond acceptors (Lipinski definition) is 5. The monoisotopic (exact) mass is 277 g/mol. The van der Waals surface area contributed by atoms with Crippen LogP contribution in [0.3, 0.4) is 0 Å². The zero-order valence-corrected chi connectivity index (χ0v) is 10.6. The minimum absolute atomic E-state index is 0.0643. The number of pyridine rings is 1. The van der Waals surface area contributed by atoms with Gasteiger partial charge in [-0.05, 0) is 12.1 Å². The average molecular weight is 278 g/mol. The van der Waals surface area contributed by atoms with E-state index in [-0.39, 0.29) is 16.9 Å². The third kappa shape index (κ3) is 3.31. The van der Waals surface area contributed by atoms with Gasteiger partial charge in [0.15, 0.2) is 0 Å². The number of nitrogens with zero attached hydrogens (tertiary/aromatic N) is 1. The summed E-state index contributed by atoms with van der Waals surface area (Å²) in [7, 11) is 1.48. The minimum Gasteiger partial charge on any atom is -0.473 e. The average Bonchev–Trinajstić information content (AvgIpc) is 2.30. The first kappa shape index (κ1) is 12.6. The van der Waals surface area contributed by atoms with Gasteiger partial charge in [-0.25, -0.2) is 13.4 Å². The molecule has 1 aliphatic heterocycles. The van der Waals surface area contributed by atoms with E-state index >= 15 is 0 Å². The first-order valence-electron chi connectivity index (χ1n) is 5.21. The maximum Gasteiger partial charge on any atom is 0.266 e. The minimum atomic E-state index is -3.83. The molecule has 1 aromatic rings.